The standard InChI is InChI=1S/C15H12ClF2N3OS/c16-11-2-4-14(10(6-11)7-20-21-15(19)23)22-8-9-1-3-12(17)13(18)5-9/h1-7H,8H2,(H3,19,21,23). The lowest BCUT2D eigenvalue weighted by Crippen LogP contribution is -2.24. The second-order valence-electron chi connectivity index (χ2n) is 4.45. The third kappa shape index (κ3) is 5.15. The zero-order chi connectivity index (χ0) is 16.8. The van der Waals surface area contributed by atoms with Crippen molar-refractivity contribution < 1.29 is 13.5 Å². The molecule has 2 aromatic carbocycles. The van der Waals surface area contributed by atoms with Crippen LogP contribution in [0.5, 0.6) is 5.75 Å². The van der Waals surface area contributed by atoms with Gasteiger partial charge in [-0.3, -0.25) is 5.43 Å². The van der Waals surface area contributed by atoms with Crippen molar-refractivity contribution in [3.8, 4) is 5.75 Å². The Balaban J connectivity index is 2.13. The summed E-state index contributed by atoms with van der Waals surface area (Å²) >= 11 is 10.6. The molecule has 0 aliphatic heterocycles. The van der Waals surface area contributed by atoms with Gasteiger partial charge in [-0.2, -0.15) is 5.10 Å². The molecular formula is C15H12ClF2N3OS. The average molecular weight is 356 g/mol. The minimum Gasteiger partial charge on any atom is -0.488 e. The van der Waals surface area contributed by atoms with Gasteiger partial charge in [0.2, 0.25) is 0 Å². The summed E-state index contributed by atoms with van der Waals surface area (Å²) in [6, 6.07) is 8.48. The Labute approximate surface area is 141 Å². The van der Waals surface area contributed by atoms with Crippen LogP contribution in [0.1, 0.15) is 11.1 Å². The predicted molar refractivity (Wildman–Crippen MR) is 89.7 cm³/mol. The fourth-order valence-corrected chi connectivity index (χ4v) is 1.94. The maximum absolute atomic E-state index is 13.2. The van der Waals surface area contributed by atoms with Gasteiger partial charge in [0.1, 0.15) is 12.4 Å². The van der Waals surface area contributed by atoms with Gasteiger partial charge in [0, 0.05) is 10.6 Å². The number of ether oxygens (including phenoxy) is 1. The summed E-state index contributed by atoms with van der Waals surface area (Å²) in [5.74, 6) is -1.37. The van der Waals surface area contributed by atoms with Crippen LogP contribution in [-0.4, -0.2) is 11.3 Å². The van der Waals surface area contributed by atoms with Gasteiger partial charge < -0.3 is 10.5 Å². The lowest BCUT2D eigenvalue weighted by Gasteiger charge is -2.10. The quantitative estimate of drug-likeness (QED) is 0.490. The number of nitrogens with one attached hydrogen (secondary N) is 1. The monoisotopic (exact) mass is 355 g/mol. The van der Waals surface area contributed by atoms with Crippen LogP contribution in [0.4, 0.5) is 8.78 Å². The van der Waals surface area contributed by atoms with Crippen LogP contribution in [0.2, 0.25) is 5.02 Å². The van der Waals surface area contributed by atoms with Crippen LogP contribution in [0.25, 0.3) is 0 Å². The molecule has 0 aliphatic rings. The minimum absolute atomic E-state index is 0.0209. The maximum atomic E-state index is 13.2. The molecule has 4 nitrogen and oxygen atoms in total. The first kappa shape index (κ1) is 17.1. The van der Waals surface area contributed by atoms with Crippen LogP contribution in [-0.2, 0) is 6.61 Å². The Morgan fingerprint density at radius 1 is 1.26 bits per heavy atom. The van der Waals surface area contributed by atoms with E-state index in [4.69, 9.17) is 22.1 Å². The summed E-state index contributed by atoms with van der Waals surface area (Å²) < 4.78 is 31.7. The van der Waals surface area contributed by atoms with Crippen LogP contribution in [0, 0.1) is 11.6 Å². The van der Waals surface area contributed by atoms with E-state index in [0.29, 0.717) is 21.9 Å². The van der Waals surface area contributed by atoms with Gasteiger partial charge in [0.05, 0.1) is 6.21 Å². The highest BCUT2D eigenvalue weighted by atomic mass is 35.5. The second kappa shape index (κ2) is 7.85. The Morgan fingerprint density at radius 2 is 2.04 bits per heavy atom. The number of nitrogens with zero attached hydrogens (tertiary/aromatic N) is 1. The van der Waals surface area contributed by atoms with E-state index in [1.54, 1.807) is 18.2 Å². The first-order chi connectivity index (χ1) is 11.0. The van der Waals surface area contributed by atoms with E-state index in [1.165, 1.54) is 12.3 Å². The number of hydrazone groups is 1. The smallest absolute Gasteiger partial charge is 0.184 e. The number of hydrogen-bond donors (Lipinski definition) is 2. The summed E-state index contributed by atoms with van der Waals surface area (Å²) in [4.78, 5) is 0. The lowest BCUT2D eigenvalue weighted by molar-refractivity contribution is 0.304. The number of halogens is 3. The number of rotatable bonds is 5. The molecule has 0 bridgehead atoms. The summed E-state index contributed by atoms with van der Waals surface area (Å²) in [5, 5.41) is 4.34. The van der Waals surface area contributed by atoms with E-state index in [0.717, 1.165) is 12.1 Å². The molecule has 0 atom stereocenters. The molecule has 2 rings (SSSR count). The molecule has 3 N–H and O–H groups in total. The molecule has 0 amide bonds. The Kier molecular flexibility index (Phi) is 5.84. The number of benzene rings is 2. The Hall–Kier alpha value is -2.25. The minimum atomic E-state index is -0.926. The first-order valence-corrected chi connectivity index (χ1v) is 7.19. The zero-order valence-electron chi connectivity index (χ0n) is 11.7. The second-order valence-corrected chi connectivity index (χ2v) is 5.33. The summed E-state index contributed by atoms with van der Waals surface area (Å²) in [7, 11) is 0. The molecule has 0 radical (unpaired) electrons. The van der Waals surface area contributed by atoms with Crippen molar-refractivity contribution in [2.75, 3.05) is 0 Å². The molecule has 120 valence electrons. The molecule has 2 aromatic rings. The Bertz CT molecular complexity index is 755. The fraction of sp³-hybridized carbons (Fsp3) is 0.0667. The van der Waals surface area contributed by atoms with Crippen molar-refractivity contribution in [1.29, 1.82) is 0 Å². The molecule has 0 heterocycles. The topological polar surface area (TPSA) is 59.6 Å². The van der Waals surface area contributed by atoms with E-state index < -0.39 is 11.6 Å². The van der Waals surface area contributed by atoms with Gasteiger partial charge in [-0.05, 0) is 48.1 Å². The van der Waals surface area contributed by atoms with Crippen molar-refractivity contribution in [2.45, 2.75) is 6.61 Å². The maximum Gasteiger partial charge on any atom is 0.184 e. The van der Waals surface area contributed by atoms with E-state index >= 15 is 0 Å². The highest BCUT2D eigenvalue weighted by Gasteiger charge is 2.06. The van der Waals surface area contributed by atoms with Gasteiger partial charge >= 0.3 is 0 Å². The molecular weight excluding hydrogens is 344 g/mol. The number of nitrogens with two attached hydrogens (primary N) is 1. The molecule has 0 aliphatic carbocycles. The SMILES string of the molecule is NC(=S)NN=Cc1cc(Cl)ccc1OCc1ccc(F)c(F)c1. The van der Waals surface area contributed by atoms with Crippen molar-refractivity contribution in [1.82, 2.24) is 5.43 Å². The third-order valence-corrected chi connectivity index (χ3v) is 3.05. The molecule has 0 spiro atoms. The summed E-state index contributed by atoms with van der Waals surface area (Å²) in [6.45, 7) is 0.0579. The summed E-state index contributed by atoms with van der Waals surface area (Å²) in [6.07, 6.45) is 1.44. The summed E-state index contributed by atoms with van der Waals surface area (Å²) in [5.41, 5.74) is 8.75. The molecule has 0 saturated carbocycles. The zero-order valence-corrected chi connectivity index (χ0v) is 13.3. The molecule has 0 saturated heterocycles. The van der Waals surface area contributed by atoms with Crippen LogP contribution in [0.3, 0.4) is 0 Å². The van der Waals surface area contributed by atoms with Crippen LogP contribution < -0.4 is 15.9 Å². The van der Waals surface area contributed by atoms with E-state index in [2.05, 4.69) is 22.7 Å². The highest BCUT2D eigenvalue weighted by Crippen LogP contribution is 2.22. The largest absolute Gasteiger partial charge is 0.488 e. The van der Waals surface area contributed by atoms with Crippen molar-refractivity contribution in [3.05, 3.63) is 64.2 Å². The van der Waals surface area contributed by atoms with Gasteiger partial charge in [-0.25, -0.2) is 8.78 Å². The normalized spacial score (nSPS) is 10.7. The van der Waals surface area contributed by atoms with Crippen molar-refractivity contribution >= 4 is 35.1 Å². The fourth-order valence-electron chi connectivity index (χ4n) is 1.71. The van der Waals surface area contributed by atoms with E-state index in [9.17, 15) is 8.78 Å². The van der Waals surface area contributed by atoms with Gasteiger partial charge in [0.15, 0.2) is 16.7 Å². The highest BCUT2D eigenvalue weighted by molar-refractivity contribution is 7.80. The van der Waals surface area contributed by atoms with E-state index in [1.807, 2.05) is 0 Å². The van der Waals surface area contributed by atoms with E-state index in [-0.39, 0.29) is 11.7 Å². The first-order valence-electron chi connectivity index (χ1n) is 6.40. The molecule has 23 heavy (non-hydrogen) atoms. The average Bonchev–Trinajstić information content (AvgIpc) is 2.49. The van der Waals surface area contributed by atoms with Crippen molar-refractivity contribution in [3.63, 3.8) is 0 Å². The molecule has 0 unspecified atom stereocenters. The molecule has 8 heteroatoms. The van der Waals surface area contributed by atoms with Gasteiger partial charge in [-0.1, -0.05) is 17.7 Å². The van der Waals surface area contributed by atoms with Crippen LogP contribution in [0.15, 0.2) is 41.5 Å². The number of thiocarbonyl (C=S) groups is 1. The Morgan fingerprint density at radius 3 is 2.74 bits per heavy atom. The van der Waals surface area contributed by atoms with Crippen molar-refractivity contribution in [2.24, 2.45) is 10.8 Å². The van der Waals surface area contributed by atoms with Gasteiger partial charge in [-0.15, -0.1) is 0 Å². The van der Waals surface area contributed by atoms with Gasteiger partial charge in [0.25, 0.3) is 0 Å². The molecule has 0 fully saturated rings. The number of hydrogen-bond acceptors (Lipinski definition) is 3. The molecule has 0 aromatic heterocycles. The third-order valence-electron chi connectivity index (χ3n) is 2.73. The van der Waals surface area contributed by atoms with Crippen LogP contribution >= 0.6 is 23.8 Å². The predicted octanol–water partition coefficient (Wildman–Crippen LogP) is 3.36. The lowest BCUT2D eigenvalue weighted by atomic mass is 10.2.